The van der Waals surface area contributed by atoms with Gasteiger partial charge in [-0.1, -0.05) is 28.8 Å². The average Bonchev–Trinajstić information content (AvgIpc) is 2.93. The summed E-state index contributed by atoms with van der Waals surface area (Å²) in [6.07, 6.45) is 3.35. The van der Waals surface area contributed by atoms with E-state index < -0.39 is 18.0 Å². The summed E-state index contributed by atoms with van der Waals surface area (Å²) in [7, 11) is 0. The smallest absolute Gasteiger partial charge is 0.306 e. The van der Waals surface area contributed by atoms with Crippen molar-refractivity contribution in [3.8, 4) is 5.75 Å². The third-order valence-electron chi connectivity index (χ3n) is 4.64. The lowest BCUT2D eigenvalue weighted by Crippen LogP contribution is -2.31. The lowest BCUT2D eigenvalue weighted by atomic mass is 9.74. The number of aliphatic carboxylic acids is 1. The van der Waals surface area contributed by atoms with E-state index in [4.69, 9.17) is 4.74 Å². The molecule has 1 saturated carbocycles. The lowest BCUT2D eigenvalue weighted by Gasteiger charge is -2.33. The van der Waals surface area contributed by atoms with Crippen molar-refractivity contribution in [3.63, 3.8) is 0 Å². The highest BCUT2D eigenvalue weighted by atomic mass is 79.9. The molecule has 3 atom stereocenters. The van der Waals surface area contributed by atoms with Gasteiger partial charge in [0.2, 0.25) is 0 Å². The van der Waals surface area contributed by atoms with Crippen LogP contribution in [0.5, 0.6) is 5.75 Å². The van der Waals surface area contributed by atoms with E-state index in [-0.39, 0.29) is 5.92 Å². The summed E-state index contributed by atoms with van der Waals surface area (Å²) in [5.74, 6) is -0.754. The largest absolute Gasteiger partial charge is 0.493 e. The van der Waals surface area contributed by atoms with Gasteiger partial charge in [0.1, 0.15) is 5.75 Å². The van der Waals surface area contributed by atoms with Crippen LogP contribution >= 0.6 is 15.9 Å². The van der Waals surface area contributed by atoms with E-state index in [2.05, 4.69) is 15.9 Å². The van der Waals surface area contributed by atoms with Crippen molar-refractivity contribution in [1.82, 2.24) is 0 Å². The highest BCUT2D eigenvalue weighted by molar-refractivity contribution is 9.10. The summed E-state index contributed by atoms with van der Waals surface area (Å²) in [6.45, 7) is 0.624. The number of carboxylic acids is 1. The van der Waals surface area contributed by atoms with Gasteiger partial charge in [-0.2, -0.15) is 0 Å². The Morgan fingerprint density at radius 2 is 2.10 bits per heavy atom. The van der Waals surface area contributed by atoms with Gasteiger partial charge in [-0.25, -0.2) is 0 Å². The SMILES string of the molecule is O=C(O)C1CCCCC1C(O)c1cc(Br)cc2c1OCC2. The first-order valence-electron chi connectivity index (χ1n) is 7.44. The summed E-state index contributed by atoms with van der Waals surface area (Å²) < 4.78 is 6.57. The minimum Gasteiger partial charge on any atom is -0.493 e. The molecule has 1 heterocycles. The number of halogens is 1. The van der Waals surface area contributed by atoms with Crippen LogP contribution in [-0.2, 0) is 11.2 Å². The van der Waals surface area contributed by atoms with Crippen molar-refractivity contribution in [1.29, 1.82) is 0 Å². The fourth-order valence-corrected chi connectivity index (χ4v) is 4.12. The van der Waals surface area contributed by atoms with Gasteiger partial charge in [0, 0.05) is 22.4 Å². The molecule has 3 rings (SSSR count). The van der Waals surface area contributed by atoms with E-state index in [1.807, 2.05) is 12.1 Å². The zero-order chi connectivity index (χ0) is 15.0. The fourth-order valence-electron chi connectivity index (χ4n) is 3.59. The molecule has 1 aromatic rings. The van der Waals surface area contributed by atoms with Crippen molar-refractivity contribution in [3.05, 3.63) is 27.7 Å². The second-order valence-electron chi connectivity index (χ2n) is 5.92. The molecule has 2 N–H and O–H groups in total. The Morgan fingerprint density at radius 1 is 1.33 bits per heavy atom. The molecule has 114 valence electrons. The summed E-state index contributed by atoms with van der Waals surface area (Å²) in [5.41, 5.74) is 1.82. The van der Waals surface area contributed by atoms with Gasteiger partial charge >= 0.3 is 5.97 Å². The first-order valence-corrected chi connectivity index (χ1v) is 8.23. The second kappa shape index (κ2) is 5.97. The van der Waals surface area contributed by atoms with Crippen LogP contribution in [0.4, 0.5) is 0 Å². The van der Waals surface area contributed by atoms with E-state index in [0.717, 1.165) is 47.0 Å². The zero-order valence-electron chi connectivity index (χ0n) is 11.7. The number of hydrogen-bond donors (Lipinski definition) is 2. The molecule has 0 radical (unpaired) electrons. The summed E-state index contributed by atoms with van der Waals surface area (Å²) >= 11 is 3.47. The number of rotatable bonds is 3. The van der Waals surface area contributed by atoms with Crippen LogP contribution in [0.3, 0.4) is 0 Å². The molecule has 4 nitrogen and oxygen atoms in total. The van der Waals surface area contributed by atoms with Gasteiger partial charge in [0.05, 0.1) is 18.6 Å². The Hall–Kier alpha value is -1.07. The monoisotopic (exact) mass is 354 g/mol. The van der Waals surface area contributed by atoms with Crippen molar-refractivity contribution < 1.29 is 19.7 Å². The molecular weight excluding hydrogens is 336 g/mol. The zero-order valence-corrected chi connectivity index (χ0v) is 13.3. The topological polar surface area (TPSA) is 66.8 Å². The lowest BCUT2D eigenvalue weighted by molar-refractivity contribution is -0.147. The van der Waals surface area contributed by atoms with Gasteiger partial charge in [-0.05, 0) is 30.5 Å². The molecule has 0 spiro atoms. The Labute approximate surface area is 132 Å². The van der Waals surface area contributed by atoms with Crippen molar-refractivity contribution >= 4 is 21.9 Å². The third-order valence-corrected chi connectivity index (χ3v) is 5.10. The number of ether oxygens (including phenoxy) is 1. The highest BCUT2D eigenvalue weighted by Crippen LogP contribution is 2.44. The Kier molecular flexibility index (Phi) is 4.22. The molecule has 0 saturated heterocycles. The molecule has 3 unspecified atom stereocenters. The Bertz CT molecular complexity index is 557. The first-order chi connectivity index (χ1) is 10.1. The fraction of sp³-hybridized carbons (Fsp3) is 0.562. The minimum absolute atomic E-state index is 0.237. The maximum absolute atomic E-state index is 11.4. The van der Waals surface area contributed by atoms with Crippen molar-refractivity contribution in [2.24, 2.45) is 11.8 Å². The van der Waals surface area contributed by atoms with E-state index in [1.54, 1.807) is 0 Å². The predicted octanol–water partition coefficient (Wildman–Crippen LogP) is 3.31. The molecule has 21 heavy (non-hydrogen) atoms. The number of hydrogen-bond acceptors (Lipinski definition) is 3. The van der Waals surface area contributed by atoms with Gasteiger partial charge in [-0.15, -0.1) is 0 Å². The third kappa shape index (κ3) is 2.81. The Morgan fingerprint density at radius 3 is 2.86 bits per heavy atom. The first kappa shape index (κ1) is 14.9. The molecule has 0 bridgehead atoms. The molecule has 0 aromatic heterocycles. The molecular formula is C16H19BrO4. The van der Waals surface area contributed by atoms with Crippen LogP contribution in [0.2, 0.25) is 0 Å². The maximum atomic E-state index is 11.4. The number of aliphatic hydroxyl groups excluding tert-OH is 1. The quantitative estimate of drug-likeness (QED) is 0.873. The number of fused-ring (bicyclic) bond motifs is 1. The normalized spacial score (nSPS) is 26.0. The number of carbonyl (C=O) groups is 1. The van der Waals surface area contributed by atoms with Gasteiger partial charge in [0.25, 0.3) is 0 Å². The molecule has 2 aliphatic rings. The standard InChI is InChI=1S/C16H19BrO4/c17-10-7-9-5-6-21-15(9)13(8-10)14(18)11-3-1-2-4-12(11)16(19)20/h7-8,11-12,14,18H,1-6H2,(H,19,20). The molecule has 0 amide bonds. The van der Waals surface area contributed by atoms with Crippen LogP contribution in [0.25, 0.3) is 0 Å². The minimum atomic E-state index is -0.800. The molecule has 1 aromatic carbocycles. The van der Waals surface area contributed by atoms with Crippen LogP contribution in [0.15, 0.2) is 16.6 Å². The van der Waals surface area contributed by atoms with Gasteiger partial charge < -0.3 is 14.9 Å². The van der Waals surface area contributed by atoms with Crippen LogP contribution in [0.1, 0.15) is 42.9 Å². The second-order valence-corrected chi connectivity index (χ2v) is 6.84. The van der Waals surface area contributed by atoms with E-state index in [9.17, 15) is 15.0 Å². The molecule has 1 aliphatic heterocycles. The van der Waals surface area contributed by atoms with Crippen molar-refractivity contribution in [2.45, 2.75) is 38.2 Å². The van der Waals surface area contributed by atoms with E-state index in [0.29, 0.717) is 13.0 Å². The molecule has 1 aliphatic carbocycles. The van der Waals surface area contributed by atoms with Crippen molar-refractivity contribution in [2.75, 3.05) is 6.61 Å². The summed E-state index contributed by atoms with van der Waals surface area (Å²) in [6, 6.07) is 3.87. The van der Waals surface area contributed by atoms with Crippen LogP contribution in [-0.4, -0.2) is 22.8 Å². The number of carboxylic acid groups (broad SMARTS) is 1. The summed E-state index contributed by atoms with van der Waals surface area (Å²) in [5, 5.41) is 20.2. The van der Waals surface area contributed by atoms with E-state index >= 15 is 0 Å². The van der Waals surface area contributed by atoms with E-state index in [1.165, 1.54) is 0 Å². The predicted molar refractivity (Wildman–Crippen MR) is 81.4 cm³/mol. The van der Waals surface area contributed by atoms with Crippen LogP contribution in [0, 0.1) is 11.8 Å². The maximum Gasteiger partial charge on any atom is 0.306 e. The molecule has 1 fully saturated rings. The van der Waals surface area contributed by atoms with Gasteiger partial charge in [0.15, 0.2) is 0 Å². The van der Waals surface area contributed by atoms with Gasteiger partial charge in [-0.3, -0.25) is 4.79 Å². The average molecular weight is 355 g/mol. The number of benzene rings is 1. The number of aliphatic hydroxyl groups is 1. The van der Waals surface area contributed by atoms with Crippen LogP contribution < -0.4 is 4.74 Å². The Balaban J connectivity index is 1.94. The highest BCUT2D eigenvalue weighted by Gasteiger charge is 2.38. The molecule has 5 heteroatoms. The summed E-state index contributed by atoms with van der Waals surface area (Å²) in [4.78, 5) is 11.4.